The van der Waals surface area contributed by atoms with Crippen molar-refractivity contribution in [3.8, 4) is 5.75 Å². The van der Waals surface area contributed by atoms with E-state index in [1.165, 1.54) is 24.8 Å². The molecule has 1 unspecified atom stereocenters. The second-order valence-corrected chi connectivity index (χ2v) is 8.77. The van der Waals surface area contributed by atoms with E-state index in [9.17, 15) is 44.3 Å². The lowest BCUT2D eigenvalue weighted by molar-refractivity contribution is -0.468. The van der Waals surface area contributed by atoms with Crippen LogP contribution >= 0.6 is 0 Å². The average molecular weight is 587 g/mol. The fraction of sp³-hybridized carbons (Fsp3) is 0.522. The number of carbonyl (C=O) groups is 1. The number of alkyl halides is 9. The average Bonchev–Trinajstić information content (AvgIpc) is 3.32. The van der Waals surface area contributed by atoms with Crippen molar-refractivity contribution < 1.29 is 53.6 Å². The number of rotatable bonds is 8. The summed E-state index contributed by atoms with van der Waals surface area (Å²) >= 11 is 0. The Kier molecular flexibility index (Phi) is 8.84. The summed E-state index contributed by atoms with van der Waals surface area (Å²) in [6.07, 6.45) is -14.0. The van der Waals surface area contributed by atoms with Crippen LogP contribution in [0.1, 0.15) is 44.0 Å². The predicted molar refractivity (Wildman–Crippen MR) is 125 cm³/mol. The summed E-state index contributed by atoms with van der Waals surface area (Å²) in [5.74, 6) is 0.0165. The lowest BCUT2D eigenvalue weighted by atomic mass is 10.0. The van der Waals surface area contributed by atoms with Gasteiger partial charge in [-0.2, -0.15) is 44.1 Å². The number of aliphatic imine (C=N–C) groups is 2. The maximum atomic E-state index is 14.3. The van der Waals surface area contributed by atoms with Crippen LogP contribution < -0.4 is 10.1 Å². The Balaban J connectivity index is 2.01. The minimum atomic E-state index is -5.35. The van der Waals surface area contributed by atoms with Crippen LogP contribution in [-0.4, -0.2) is 83.0 Å². The molecule has 220 valence electrons. The monoisotopic (exact) mass is 587 g/mol. The molecule has 8 nitrogen and oxygen atoms in total. The zero-order chi connectivity index (χ0) is 30.0. The predicted octanol–water partition coefficient (Wildman–Crippen LogP) is 5.27. The molecule has 0 saturated carbocycles. The second kappa shape index (κ2) is 11.4. The van der Waals surface area contributed by atoms with Gasteiger partial charge in [0.05, 0.1) is 30.8 Å². The van der Waals surface area contributed by atoms with Gasteiger partial charge < -0.3 is 15.0 Å². The largest absolute Gasteiger partial charge is 0.494 e. The number of nitrogens with one attached hydrogen (secondary N) is 1. The molecular formula is C23H24F9N6O2+. The van der Waals surface area contributed by atoms with Crippen LogP contribution in [-0.2, 0) is 0 Å². The topological polar surface area (TPSA) is 82.2 Å². The molecule has 17 heteroatoms. The fourth-order valence-corrected chi connectivity index (χ4v) is 4.12. The number of carbonyl (C=O) groups excluding carboxylic acids is 1. The number of ether oxygens (including phenoxy) is 1. The van der Waals surface area contributed by atoms with E-state index < -0.39 is 67.9 Å². The first kappa shape index (κ1) is 30.9. The van der Waals surface area contributed by atoms with E-state index in [1.807, 2.05) is 0 Å². The molecule has 40 heavy (non-hydrogen) atoms. The van der Waals surface area contributed by atoms with Gasteiger partial charge in [-0.1, -0.05) is 0 Å². The summed E-state index contributed by atoms with van der Waals surface area (Å²) in [4.78, 5) is 25.1. The van der Waals surface area contributed by atoms with Gasteiger partial charge in [0.15, 0.2) is 18.5 Å². The van der Waals surface area contributed by atoms with Crippen molar-refractivity contribution in [2.45, 2.75) is 63.5 Å². The zero-order valence-electron chi connectivity index (χ0n) is 21.2. The maximum Gasteiger partial charge on any atom is 0.414 e. The number of fused-ring (bicyclic) bond motifs is 1. The molecule has 2 aliphatic heterocycles. The van der Waals surface area contributed by atoms with Gasteiger partial charge in [-0.3, -0.25) is 4.98 Å². The van der Waals surface area contributed by atoms with E-state index in [4.69, 9.17) is 4.74 Å². The number of hydrogen-bond acceptors (Lipinski definition) is 5. The molecule has 1 N–H and O–H groups in total. The summed E-state index contributed by atoms with van der Waals surface area (Å²) < 4.78 is 128. The number of halogens is 9. The molecule has 0 radical (unpaired) electrons. The van der Waals surface area contributed by atoms with Crippen molar-refractivity contribution in [1.29, 1.82) is 0 Å². The Morgan fingerprint density at radius 1 is 1.15 bits per heavy atom. The van der Waals surface area contributed by atoms with Crippen LogP contribution in [0.15, 0.2) is 28.4 Å². The minimum absolute atomic E-state index is 0.0165. The first-order valence-electron chi connectivity index (χ1n) is 11.7. The maximum absolute atomic E-state index is 14.3. The third-order valence-electron chi connectivity index (χ3n) is 5.99. The quantitative estimate of drug-likeness (QED) is 0.333. The van der Waals surface area contributed by atoms with Crippen LogP contribution in [0, 0.1) is 0 Å². The molecule has 3 atom stereocenters. The molecule has 0 aliphatic carbocycles. The number of amides is 2. The minimum Gasteiger partial charge on any atom is -0.494 e. The van der Waals surface area contributed by atoms with Crippen molar-refractivity contribution in [2.24, 2.45) is 9.98 Å². The number of urea groups is 1. The SMILES string of the molecule is CCN(C(=O)N[C@@H](CCC(F)(F)F)C(F)(F)F)[C@@H](c1cc(C2=C[N+]3=CC=NC3C(C)=N2)c(OC)cn1)C(F)(F)F. The molecule has 0 spiro atoms. The highest BCUT2D eigenvalue weighted by Crippen LogP contribution is 2.40. The molecular weight excluding hydrogens is 563 g/mol. The van der Waals surface area contributed by atoms with Crippen molar-refractivity contribution >= 4 is 29.9 Å². The second-order valence-electron chi connectivity index (χ2n) is 8.77. The van der Waals surface area contributed by atoms with E-state index in [-0.39, 0.29) is 21.9 Å². The van der Waals surface area contributed by atoms with Gasteiger partial charge in [0.1, 0.15) is 23.2 Å². The van der Waals surface area contributed by atoms with Gasteiger partial charge in [0.2, 0.25) is 0 Å². The Bertz CT molecular complexity index is 1230. The molecule has 2 amide bonds. The van der Waals surface area contributed by atoms with Gasteiger partial charge in [-0.15, -0.1) is 0 Å². The lowest BCUT2D eigenvalue weighted by Gasteiger charge is -2.34. The Morgan fingerprint density at radius 2 is 1.82 bits per heavy atom. The number of pyridine rings is 1. The van der Waals surface area contributed by atoms with E-state index in [0.29, 0.717) is 5.71 Å². The first-order valence-corrected chi connectivity index (χ1v) is 11.7. The van der Waals surface area contributed by atoms with Gasteiger partial charge in [-0.05, 0) is 26.3 Å². The molecule has 0 saturated heterocycles. The lowest BCUT2D eigenvalue weighted by Crippen LogP contribution is -2.53. The van der Waals surface area contributed by atoms with Gasteiger partial charge in [-0.25, -0.2) is 14.8 Å². The summed E-state index contributed by atoms with van der Waals surface area (Å²) in [6, 6.07) is -6.83. The summed E-state index contributed by atoms with van der Waals surface area (Å²) in [5, 5.41) is 1.29. The molecule has 2 aliphatic rings. The number of aromatic nitrogens is 1. The van der Waals surface area contributed by atoms with Crippen LogP contribution in [0.5, 0.6) is 5.75 Å². The van der Waals surface area contributed by atoms with E-state index in [0.717, 1.165) is 19.2 Å². The van der Waals surface area contributed by atoms with Crippen LogP contribution in [0.25, 0.3) is 5.70 Å². The van der Waals surface area contributed by atoms with Crippen LogP contribution in [0.4, 0.5) is 44.3 Å². The zero-order valence-corrected chi connectivity index (χ0v) is 21.2. The molecule has 0 fully saturated rings. The fourth-order valence-electron chi connectivity index (χ4n) is 4.12. The number of hydrogen-bond donors (Lipinski definition) is 1. The normalized spacial score (nSPS) is 18.8. The Labute approximate surface area is 221 Å². The molecule has 3 heterocycles. The van der Waals surface area contributed by atoms with Crippen LogP contribution in [0.2, 0.25) is 0 Å². The highest BCUT2D eigenvalue weighted by atomic mass is 19.4. The van der Waals surface area contributed by atoms with Gasteiger partial charge in [0, 0.05) is 13.0 Å². The Hall–Kier alpha value is -3.66. The highest BCUT2D eigenvalue weighted by molar-refractivity contribution is 6.16. The Morgan fingerprint density at radius 3 is 2.38 bits per heavy atom. The standard InChI is InChI=1S/C23H23F9N6O2/c1-4-38(20(39)36-17(22(27,28)29)5-6-21(24,25)26)18(23(30,31)32)14-9-13(16(40-3)10-34-14)15-11-37-8-7-33-19(37)12(2)35-15/h7-11,17-19H,4-6H2,1-3H3/p+1/t17-,18-,19?/m0/s1. The smallest absolute Gasteiger partial charge is 0.414 e. The third-order valence-corrected chi connectivity index (χ3v) is 5.99. The summed E-state index contributed by atoms with van der Waals surface area (Å²) in [6.45, 7) is 1.96. The molecule has 1 aromatic heterocycles. The first-order chi connectivity index (χ1) is 18.5. The van der Waals surface area contributed by atoms with Crippen molar-refractivity contribution in [2.75, 3.05) is 13.7 Å². The summed E-state index contributed by atoms with van der Waals surface area (Å²) in [7, 11) is 1.24. The van der Waals surface area contributed by atoms with Gasteiger partial charge >= 0.3 is 24.6 Å². The van der Waals surface area contributed by atoms with Gasteiger partial charge in [0.25, 0.3) is 6.17 Å². The van der Waals surface area contributed by atoms with Crippen molar-refractivity contribution in [1.82, 2.24) is 15.2 Å². The van der Waals surface area contributed by atoms with E-state index in [1.54, 1.807) is 17.7 Å². The highest BCUT2D eigenvalue weighted by Gasteiger charge is 2.49. The molecule has 3 rings (SSSR count). The third kappa shape index (κ3) is 7.10. The molecule has 0 aromatic carbocycles. The van der Waals surface area contributed by atoms with Crippen LogP contribution in [0.3, 0.4) is 0 Å². The summed E-state index contributed by atoms with van der Waals surface area (Å²) in [5.41, 5.74) is -0.0815. The van der Waals surface area contributed by atoms with Crippen molar-refractivity contribution in [3.05, 3.63) is 29.7 Å². The molecule has 0 bridgehead atoms. The number of nitrogens with zero attached hydrogens (tertiary/aromatic N) is 5. The van der Waals surface area contributed by atoms with E-state index in [2.05, 4.69) is 15.0 Å². The van der Waals surface area contributed by atoms with E-state index >= 15 is 0 Å². The van der Waals surface area contributed by atoms with Crippen molar-refractivity contribution in [3.63, 3.8) is 0 Å². The molecule has 1 aromatic rings. The number of methoxy groups -OCH3 is 1.